The third kappa shape index (κ3) is 3.35. The second-order valence-corrected chi connectivity index (χ2v) is 9.27. The number of aromatic nitrogens is 1. The van der Waals surface area contributed by atoms with Gasteiger partial charge in [0.25, 0.3) is 11.7 Å². The largest absolute Gasteiger partial charge is 0.507 e. The van der Waals surface area contributed by atoms with Crippen LogP contribution in [0.1, 0.15) is 42.5 Å². The lowest BCUT2D eigenvalue weighted by atomic mass is 9.94. The summed E-state index contributed by atoms with van der Waals surface area (Å²) in [5.41, 5.74) is 3.70. The highest BCUT2D eigenvalue weighted by Crippen LogP contribution is 2.45. The van der Waals surface area contributed by atoms with E-state index in [2.05, 4.69) is 18.8 Å². The maximum Gasteiger partial charge on any atom is 0.300 e. The number of fused-ring (bicyclic) bond motifs is 2. The molecule has 0 spiro atoms. The number of aliphatic hydroxyl groups excluding tert-OH is 1. The molecule has 1 fully saturated rings. The molecule has 1 saturated heterocycles. The van der Waals surface area contributed by atoms with E-state index < -0.39 is 17.7 Å². The molecule has 1 unspecified atom stereocenters. The first kappa shape index (κ1) is 22.0. The fourth-order valence-electron chi connectivity index (χ4n) is 4.93. The number of amides is 1. The average Bonchev–Trinajstić information content (AvgIpc) is 3.60. The molecule has 2 aliphatic heterocycles. The predicted octanol–water partition coefficient (Wildman–Crippen LogP) is 5.65. The zero-order valence-electron chi connectivity index (χ0n) is 19.8. The Hall–Kier alpha value is -4.52. The number of nitrogens with zero attached hydrogens (tertiary/aromatic N) is 1. The van der Waals surface area contributed by atoms with Crippen molar-refractivity contribution >= 4 is 34.0 Å². The minimum atomic E-state index is -0.823. The number of aromatic amines is 1. The van der Waals surface area contributed by atoms with Crippen LogP contribution in [-0.4, -0.2) is 28.6 Å². The van der Waals surface area contributed by atoms with Gasteiger partial charge in [0.05, 0.1) is 11.6 Å². The van der Waals surface area contributed by atoms with Crippen molar-refractivity contribution < 1.29 is 24.2 Å². The quantitative estimate of drug-likeness (QED) is 0.224. The molecule has 7 nitrogen and oxygen atoms in total. The number of ether oxygens (including phenoxy) is 2. The van der Waals surface area contributed by atoms with Crippen LogP contribution in [0, 0.1) is 0 Å². The van der Waals surface area contributed by atoms with E-state index in [1.54, 1.807) is 24.4 Å². The lowest BCUT2D eigenvalue weighted by molar-refractivity contribution is -0.132. The predicted molar refractivity (Wildman–Crippen MR) is 136 cm³/mol. The van der Waals surface area contributed by atoms with Gasteiger partial charge in [-0.05, 0) is 47.9 Å². The molecule has 1 amide bonds. The lowest BCUT2D eigenvalue weighted by Gasteiger charge is -2.25. The number of anilines is 1. The van der Waals surface area contributed by atoms with Gasteiger partial charge in [-0.3, -0.25) is 14.5 Å². The van der Waals surface area contributed by atoms with E-state index in [1.165, 1.54) is 4.90 Å². The third-order valence-corrected chi connectivity index (χ3v) is 6.84. The molecule has 0 saturated carbocycles. The van der Waals surface area contributed by atoms with E-state index in [4.69, 9.17) is 9.47 Å². The van der Waals surface area contributed by atoms with Crippen molar-refractivity contribution in [3.8, 4) is 11.5 Å². The van der Waals surface area contributed by atoms with Gasteiger partial charge in [-0.1, -0.05) is 44.2 Å². The van der Waals surface area contributed by atoms with Crippen LogP contribution < -0.4 is 14.4 Å². The maximum absolute atomic E-state index is 13.5. The highest BCUT2D eigenvalue weighted by molar-refractivity contribution is 6.51. The Labute approximate surface area is 207 Å². The fourth-order valence-corrected chi connectivity index (χ4v) is 4.93. The normalized spacial score (nSPS) is 18.5. The molecule has 1 aromatic heterocycles. The number of nitrogens with one attached hydrogen (secondary N) is 1. The van der Waals surface area contributed by atoms with E-state index in [-0.39, 0.29) is 18.1 Å². The number of para-hydroxylation sites is 1. The van der Waals surface area contributed by atoms with Crippen molar-refractivity contribution in [2.45, 2.75) is 25.8 Å². The zero-order valence-corrected chi connectivity index (χ0v) is 19.8. The second-order valence-electron chi connectivity index (χ2n) is 9.27. The van der Waals surface area contributed by atoms with Crippen molar-refractivity contribution in [1.82, 2.24) is 4.98 Å². The van der Waals surface area contributed by atoms with Crippen molar-refractivity contribution in [3.05, 3.63) is 95.2 Å². The summed E-state index contributed by atoms with van der Waals surface area (Å²) < 4.78 is 10.8. The van der Waals surface area contributed by atoms with E-state index in [0.29, 0.717) is 28.7 Å². The molecule has 6 rings (SSSR count). The SMILES string of the molecule is CC(C)c1ccc(N2C(=O)C(=O)/C(=C(/O)c3ccc4c(c3)OCO4)C2c2c[nH]c3ccccc23)cc1. The molecule has 2 aliphatic rings. The molecule has 3 aromatic carbocycles. The van der Waals surface area contributed by atoms with Crippen LogP contribution in [0.25, 0.3) is 16.7 Å². The first-order chi connectivity index (χ1) is 17.4. The summed E-state index contributed by atoms with van der Waals surface area (Å²) in [7, 11) is 0. The van der Waals surface area contributed by atoms with E-state index in [0.717, 1.165) is 22.0 Å². The van der Waals surface area contributed by atoms with Gasteiger partial charge in [-0.15, -0.1) is 0 Å². The Morgan fingerprint density at radius 1 is 1.00 bits per heavy atom. The molecule has 2 N–H and O–H groups in total. The standard InChI is InChI=1S/C29H24N2O5/c1-16(2)17-7-10-19(11-8-17)31-26(21-14-30-22-6-4-3-5-20(21)22)25(28(33)29(31)34)27(32)18-9-12-23-24(13-18)36-15-35-23/h3-14,16,26,30,32H,15H2,1-2H3/b27-25+. The Kier molecular flexibility index (Phi) is 5.07. The van der Waals surface area contributed by atoms with E-state index >= 15 is 0 Å². The number of ketones is 1. The van der Waals surface area contributed by atoms with Crippen molar-refractivity contribution in [3.63, 3.8) is 0 Å². The molecule has 0 radical (unpaired) electrons. The first-order valence-electron chi connectivity index (χ1n) is 11.8. The Balaban J connectivity index is 1.56. The highest BCUT2D eigenvalue weighted by Gasteiger charge is 2.47. The topological polar surface area (TPSA) is 91.9 Å². The highest BCUT2D eigenvalue weighted by atomic mass is 16.7. The van der Waals surface area contributed by atoms with Gasteiger partial charge >= 0.3 is 0 Å². The summed E-state index contributed by atoms with van der Waals surface area (Å²) >= 11 is 0. The molecule has 180 valence electrons. The number of benzene rings is 3. The van der Waals surface area contributed by atoms with Crippen molar-refractivity contribution in [1.29, 1.82) is 0 Å². The van der Waals surface area contributed by atoms with Crippen LogP contribution in [0.2, 0.25) is 0 Å². The minimum absolute atomic E-state index is 0.0246. The smallest absolute Gasteiger partial charge is 0.300 e. The summed E-state index contributed by atoms with van der Waals surface area (Å²) in [5.74, 6) is -0.335. The van der Waals surface area contributed by atoms with E-state index in [9.17, 15) is 14.7 Å². The molecule has 1 atom stereocenters. The summed E-state index contributed by atoms with van der Waals surface area (Å²) in [5, 5.41) is 12.3. The number of carbonyl (C=O) groups is 2. The van der Waals surface area contributed by atoms with Gasteiger partial charge in [-0.25, -0.2) is 0 Å². The molecule has 36 heavy (non-hydrogen) atoms. The summed E-state index contributed by atoms with van der Waals surface area (Å²) in [6.07, 6.45) is 1.80. The summed E-state index contributed by atoms with van der Waals surface area (Å²) in [6, 6.07) is 19.4. The number of rotatable bonds is 4. The molecule has 3 heterocycles. The van der Waals surface area contributed by atoms with Gasteiger partial charge < -0.3 is 19.6 Å². The van der Waals surface area contributed by atoms with Gasteiger partial charge in [0.1, 0.15) is 5.76 Å². The van der Waals surface area contributed by atoms with Gasteiger partial charge in [0, 0.05) is 33.9 Å². The molecule has 4 aromatic rings. The van der Waals surface area contributed by atoms with Crippen LogP contribution in [0.3, 0.4) is 0 Å². The maximum atomic E-state index is 13.5. The van der Waals surface area contributed by atoms with Crippen LogP contribution >= 0.6 is 0 Å². The number of Topliss-reactive ketones (excluding diaryl/α,β-unsaturated/α-hetero) is 1. The molecular weight excluding hydrogens is 456 g/mol. The van der Waals surface area contributed by atoms with E-state index in [1.807, 2.05) is 48.5 Å². The third-order valence-electron chi connectivity index (χ3n) is 6.84. The van der Waals surface area contributed by atoms with Gasteiger partial charge in [0.15, 0.2) is 11.5 Å². The van der Waals surface area contributed by atoms with Gasteiger partial charge in [-0.2, -0.15) is 0 Å². The van der Waals surface area contributed by atoms with Crippen LogP contribution in [0.15, 0.2) is 78.5 Å². The van der Waals surface area contributed by atoms with Crippen LogP contribution in [0.4, 0.5) is 5.69 Å². The van der Waals surface area contributed by atoms with Crippen LogP contribution in [0.5, 0.6) is 11.5 Å². The number of hydrogen-bond donors (Lipinski definition) is 2. The Bertz CT molecular complexity index is 1550. The molecule has 0 bridgehead atoms. The fraction of sp³-hybridized carbons (Fsp3) is 0.172. The number of hydrogen-bond acceptors (Lipinski definition) is 5. The second kappa shape index (κ2) is 8.30. The van der Waals surface area contributed by atoms with Gasteiger partial charge in [0.2, 0.25) is 6.79 Å². The first-order valence-corrected chi connectivity index (χ1v) is 11.8. The summed E-state index contributed by atoms with van der Waals surface area (Å²) in [6.45, 7) is 4.28. The monoisotopic (exact) mass is 480 g/mol. The number of H-pyrrole nitrogens is 1. The van der Waals surface area contributed by atoms with Crippen LogP contribution in [-0.2, 0) is 9.59 Å². The number of carbonyl (C=O) groups excluding carboxylic acids is 2. The number of aliphatic hydroxyl groups is 1. The minimum Gasteiger partial charge on any atom is -0.507 e. The van der Waals surface area contributed by atoms with Crippen molar-refractivity contribution in [2.75, 3.05) is 11.7 Å². The Morgan fingerprint density at radius 3 is 2.53 bits per heavy atom. The molecule has 7 heteroatoms. The lowest BCUT2D eigenvalue weighted by Crippen LogP contribution is -2.29. The Morgan fingerprint density at radius 2 is 1.75 bits per heavy atom. The molecule has 0 aliphatic carbocycles. The van der Waals surface area contributed by atoms with Crippen molar-refractivity contribution in [2.24, 2.45) is 0 Å². The summed E-state index contributed by atoms with van der Waals surface area (Å²) in [4.78, 5) is 31.7. The molecular formula is C29H24N2O5. The average molecular weight is 481 g/mol. The zero-order chi connectivity index (χ0) is 25.0.